The number of hydrogen-bond acceptors (Lipinski definition) is 6. The van der Waals surface area contributed by atoms with Crippen molar-refractivity contribution < 1.29 is 32.9 Å². The van der Waals surface area contributed by atoms with E-state index in [2.05, 4.69) is 43.5 Å². The van der Waals surface area contributed by atoms with Crippen molar-refractivity contribution in [1.82, 2.24) is 5.32 Å². The monoisotopic (exact) mass is 1160 g/mol. The third-order valence-corrected chi connectivity index (χ3v) is 17.6. The van der Waals surface area contributed by atoms with Crippen molar-refractivity contribution in [2.75, 3.05) is 40.9 Å². The van der Waals surface area contributed by atoms with Crippen LogP contribution in [-0.2, 0) is 18.4 Å². The van der Waals surface area contributed by atoms with E-state index in [0.717, 1.165) is 44.9 Å². The van der Waals surface area contributed by atoms with Crippen LogP contribution in [0, 0.1) is 0 Å². The molecule has 8 nitrogen and oxygen atoms in total. The van der Waals surface area contributed by atoms with Crippen molar-refractivity contribution in [3.05, 3.63) is 36.5 Å². The van der Waals surface area contributed by atoms with Gasteiger partial charge in [-0.3, -0.25) is 9.36 Å². The zero-order valence-electron chi connectivity index (χ0n) is 55.0. The third-order valence-electron chi connectivity index (χ3n) is 16.6. The van der Waals surface area contributed by atoms with Crippen LogP contribution in [0.15, 0.2) is 36.5 Å². The van der Waals surface area contributed by atoms with Crippen molar-refractivity contribution in [1.29, 1.82) is 0 Å². The van der Waals surface area contributed by atoms with Gasteiger partial charge in [0.15, 0.2) is 0 Å². The van der Waals surface area contributed by atoms with E-state index in [-0.39, 0.29) is 19.1 Å². The SMILES string of the molecule is CCCCCCC/C=C\C/C=C\CCCCCCCCCCCCCCCCCC(=O)NC(COP(=O)([O-])OCC[N+](C)(C)C)C(O)/C=C/CCCCCCCCCCCCCCCCCCCCCCCCCCCCCCCC. The number of nitrogens with one attached hydrogen (secondary N) is 1. The summed E-state index contributed by atoms with van der Waals surface area (Å²) in [4.78, 5) is 25.6. The number of hydrogen-bond donors (Lipinski definition) is 2. The lowest BCUT2D eigenvalue weighted by Crippen LogP contribution is -2.45. The van der Waals surface area contributed by atoms with E-state index in [1.54, 1.807) is 6.08 Å². The molecule has 0 saturated carbocycles. The highest BCUT2D eigenvalue weighted by Gasteiger charge is 2.23. The van der Waals surface area contributed by atoms with Gasteiger partial charge in [0, 0.05) is 6.42 Å². The van der Waals surface area contributed by atoms with Crippen molar-refractivity contribution in [3.8, 4) is 0 Å². The van der Waals surface area contributed by atoms with E-state index in [9.17, 15) is 19.4 Å². The molecule has 81 heavy (non-hydrogen) atoms. The van der Waals surface area contributed by atoms with Gasteiger partial charge in [-0.25, -0.2) is 0 Å². The molecule has 480 valence electrons. The first-order valence-corrected chi connectivity index (χ1v) is 37.3. The van der Waals surface area contributed by atoms with Crippen molar-refractivity contribution in [2.24, 2.45) is 0 Å². The maximum Gasteiger partial charge on any atom is 0.268 e. The molecule has 3 atom stereocenters. The minimum atomic E-state index is -4.60. The predicted molar refractivity (Wildman–Crippen MR) is 353 cm³/mol. The molecular weight excluding hydrogens is 1020 g/mol. The van der Waals surface area contributed by atoms with Gasteiger partial charge in [0.05, 0.1) is 39.9 Å². The molecule has 3 unspecified atom stereocenters. The fraction of sp³-hybridized carbons (Fsp3) is 0.903. The molecule has 0 fully saturated rings. The Labute approximate surface area is 506 Å². The second-order valence-electron chi connectivity index (χ2n) is 25.9. The Balaban J connectivity index is 4.03. The molecule has 0 saturated heterocycles. The number of carbonyl (C=O) groups excluding carboxylic acids is 1. The molecule has 0 aromatic carbocycles. The second-order valence-corrected chi connectivity index (χ2v) is 27.4. The van der Waals surface area contributed by atoms with Gasteiger partial charge >= 0.3 is 0 Å². The number of unbranched alkanes of at least 4 members (excludes halogenated alkanes) is 50. The van der Waals surface area contributed by atoms with E-state index in [4.69, 9.17) is 9.05 Å². The van der Waals surface area contributed by atoms with Crippen LogP contribution < -0.4 is 10.2 Å². The molecule has 0 aliphatic rings. The molecule has 0 aromatic rings. The number of rotatable bonds is 67. The standard InChI is InChI=1S/C72H141N2O6P/c1-6-8-10-12-14-16-18-20-22-24-26-28-30-32-34-35-36-37-38-40-41-43-45-47-49-51-53-55-57-59-61-63-65-71(75)70(69-80-81(77,78)79-68-67-74(3,4)5)73-72(76)66-64-62-60-58-56-54-52-50-48-46-44-42-39-33-31-29-27-25-23-21-19-17-15-13-11-9-7-2/h19,21,25,27,63,65,70-71,75H,6-18,20,22-24,26,28-62,64,66-69H2,1-5H3,(H-,73,76,77,78)/b21-19-,27-25-,65-63+. The van der Waals surface area contributed by atoms with Gasteiger partial charge in [-0.1, -0.05) is 346 Å². The van der Waals surface area contributed by atoms with E-state index < -0.39 is 20.0 Å². The van der Waals surface area contributed by atoms with Gasteiger partial charge in [-0.15, -0.1) is 0 Å². The zero-order valence-corrected chi connectivity index (χ0v) is 55.9. The second kappa shape index (κ2) is 63.2. The molecule has 9 heteroatoms. The highest BCUT2D eigenvalue weighted by Crippen LogP contribution is 2.38. The summed E-state index contributed by atoms with van der Waals surface area (Å²) in [5.74, 6) is -0.191. The van der Waals surface area contributed by atoms with E-state index in [0.29, 0.717) is 17.4 Å². The number of likely N-dealkylation sites (N-methyl/N-ethyl adjacent to an activating group) is 1. The molecule has 2 N–H and O–H groups in total. The van der Waals surface area contributed by atoms with Gasteiger partial charge in [0.1, 0.15) is 13.2 Å². The smallest absolute Gasteiger partial charge is 0.268 e. The summed E-state index contributed by atoms with van der Waals surface area (Å²) >= 11 is 0. The number of carbonyl (C=O) groups is 1. The number of allylic oxidation sites excluding steroid dienone is 5. The lowest BCUT2D eigenvalue weighted by atomic mass is 10.0. The minimum absolute atomic E-state index is 0.000492. The zero-order chi connectivity index (χ0) is 59.1. The van der Waals surface area contributed by atoms with Crippen LogP contribution in [0.4, 0.5) is 0 Å². The number of amides is 1. The fourth-order valence-corrected chi connectivity index (χ4v) is 11.7. The van der Waals surface area contributed by atoms with E-state index >= 15 is 0 Å². The summed E-state index contributed by atoms with van der Waals surface area (Å²) in [5, 5.41) is 14.0. The van der Waals surface area contributed by atoms with Crippen molar-refractivity contribution in [2.45, 2.75) is 379 Å². The molecule has 0 aliphatic carbocycles. The number of nitrogens with zero attached hydrogens (tertiary/aromatic N) is 1. The molecule has 0 radical (unpaired) electrons. The maximum absolute atomic E-state index is 13.0. The van der Waals surface area contributed by atoms with E-state index in [1.807, 2.05) is 27.2 Å². The molecule has 0 heterocycles. The first kappa shape index (κ1) is 79.7. The molecule has 1 amide bonds. The van der Waals surface area contributed by atoms with Crippen LogP contribution in [0.3, 0.4) is 0 Å². The predicted octanol–water partition coefficient (Wildman–Crippen LogP) is 22.2. The Morgan fingerprint density at radius 3 is 1.02 bits per heavy atom. The quantitative estimate of drug-likeness (QED) is 0.0272. The number of aliphatic hydroxyl groups excluding tert-OH is 1. The number of quaternary nitrogens is 1. The Morgan fingerprint density at radius 1 is 0.432 bits per heavy atom. The first-order chi connectivity index (χ1) is 39.5. The average Bonchev–Trinajstić information content (AvgIpc) is 3.43. The van der Waals surface area contributed by atoms with Crippen LogP contribution in [-0.4, -0.2) is 68.5 Å². The van der Waals surface area contributed by atoms with Crippen LogP contribution >= 0.6 is 7.82 Å². The van der Waals surface area contributed by atoms with Gasteiger partial charge in [0.2, 0.25) is 5.91 Å². The van der Waals surface area contributed by atoms with Crippen molar-refractivity contribution >= 4 is 13.7 Å². The number of phosphoric ester groups is 1. The fourth-order valence-electron chi connectivity index (χ4n) is 11.0. The lowest BCUT2D eigenvalue weighted by Gasteiger charge is -2.29. The summed E-state index contributed by atoms with van der Waals surface area (Å²) in [6.45, 7) is 4.70. The number of phosphoric acid groups is 1. The van der Waals surface area contributed by atoms with Crippen molar-refractivity contribution in [3.63, 3.8) is 0 Å². The van der Waals surface area contributed by atoms with Crippen LogP contribution in [0.25, 0.3) is 0 Å². The number of aliphatic hydroxyl groups is 1. The summed E-state index contributed by atoms with van der Waals surface area (Å²) in [6, 6.07) is -0.888. The Morgan fingerprint density at radius 2 is 0.716 bits per heavy atom. The minimum Gasteiger partial charge on any atom is -0.756 e. The molecule has 0 rings (SSSR count). The molecule has 0 bridgehead atoms. The maximum atomic E-state index is 13.0. The highest BCUT2D eigenvalue weighted by molar-refractivity contribution is 7.45. The summed E-state index contributed by atoms with van der Waals surface area (Å²) in [6.07, 6.45) is 84.1. The van der Waals surface area contributed by atoms with Crippen LogP contribution in [0.5, 0.6) is 0 Å². The van der Waals surface area contributed by atoms with E-state index in [1.165, 1.54) is 302 Å². The topological polar surface area (TPSA) is 108 Å². The Hall–Kier alpha value is -1.28. The van der Waals surface area contributed by atoms with Crippen LogP contribution in [0.2, 0.25) is 0 Å². The Kier molecular flexibility index (Phi) is 62.2. The highest BCUT2D eigenvalue weighted by atomic mass is 31.2. The molecule has 0 spiro atoms. The molecular formula is C72H141N2O6P. The summed E-state index contributed by atoms with van der Waals surface area (Å²) in [5.41, 5.74) is 0. The van der Waals surface area contributed by atoms with Gasteiger partial charge in [-0.2, -0.15) is 0 Å². The lowest BCUT2D eigenvalue weighted by molar-refractivity contribution is -0.870. The average molecular weight is 1160 g/mol. The Bertz CT molecular complexity index is 1410. The van der Waals surface area contributed by atoms with Gasteiger partial charge in [-0.05, 0) is 51.4 Å². The molecule has 0 aromatic heterocycles. The molecule has 0 aliphatic heterocycles. The normalized spacial score (nSPS) is 13.8. The third kappa shape index (κ3) is 66.1. The first-order valence-electron chi connectivity index (χ1n) is 35.9. The summed E-state index contributed by atoms with van der Waals surface area (Å²) in [7, 11) is 1.28. The summed E-state index contributed by atoms with van der Waals surface area (Å²) < 4.78 is 23.5. The van der Waals surface area contributed by atoms with Gasteiger partial charge < -0.3 is 28.8 Å². The van der Waals surface area contributed by atoms with Gasteiger partial charge in [0.25, 0.3) is 7.82 Å². The van der Waals surface area contributed by atoms with Crippen LogP contribution in [0.1, 0.15) is 367 Å². The largest absolute Gasteiger partial charge is 0.756 e.